The van der Waals surface area contributed by atoms with E-state index < -0.39 is 5.97 Å². The fraction of sp³-hybridized carbons (Fsp3) is 0.136. The minimum atomic E-state index is -0.430. The highest BCUT2D eigenvalue weighted by molar-refractivity contribution is 6.03. The second-order valence-electron chi connectivity index (χ2n) is 6.04. The number of nitrogens with one attached hydrogen (secondary N) is 2. The van der Waals surface area contributed by atoms with Crippen molar-refractivity contribution in [2.45, 2.75) is 6.92 Å². The van der Waals surface area contributed by atoms with Crippen LogP contribution in [0.25, 0.3) is 0 Å². The topological polar surface area (TPSA) is 89.6 Å². The molecule has 0 bridgehead atoms. The third kappa shape index (κ3) is 5.32. The number of hydrogen-bond acceptors (Lipinski definition) is 6. The van der Waals surface area contributed by atoms with E-state index in [1.165, 1.54) is 7.11 Å². The summed E-state index contributed by atoms with van der Waals surface area (Å²) in [5, 5.41) is 5.96. The molecule has 29 heavy (non-hydrogen) atoms. The van der Waals surface area contributed by atoms with Gasteiger partial charge < -0.3 is 20.1 Å². The Labute approximate surface area is 168 Å². The molecule has 0 spiro atoms. The molecular formula is C22H21N3O4. The summed E-state index contributed by atoms with van der Waals surface area (Å²) in [6.07, 6.45) is 1.59. The average molecular weight is 391 g/mol. The molecule has 0 saturated carbocycles. The lowest BCUT2D eigenvalue weighted by Crippen LogP contribution is -2.13. The number of methoxy groups -OCH3 is 1. The maximum absolute atomic E-state index is 12.4. The van der Waals surface area contributed by atoms with E-state index >= 15 is 0 Å². The zero-order valence-corrected chi connectivity index (χ0v) is 16.1. The smallest absolute Gasteiger partial charge is 0.337 e. The molecule has 0 aliphatic heterocycles. The summed E-state index contributed by atoms with van der Waals surface area (Å²) in [6.45, 7) is 2.56. The van der Waals surface area contributed by atoms with Crippen molar-refractivity contribution in [1.82, 2.24) is 4.98 Å². The van der Waals surface area contributed by atoms with Crippen molar-refractivity contribution < 1.29 is 19.1 Å². The van der Waals surface area contributed by atoms with Gasteiger partial charge in [-0.1, -0.05) is 0 Å². The molecule has 0 atom stereocenters. The van der Waals surface area contributed by atoms with Crippen LogP contribution in [-0.2, 0) is 4.74 Å². The number of nitrogens with zero attached hydrogens (tertiary/aromatic N) is 1. The Hall–Kier alpha value is -3.87. The van der Waals surface area contributed by atoms with Gasteiger partial charge in [-0.25, -0.2) is 9.78 Å². The van der Waals surface area contributed by atoms with Crippen LogP contribution in [0.4, 0.5) is 17.1 Å². The minimum absolute atomic E-state index is 0.277. The second-order valence-corrected chi connectivity index (χ2v) is 6.04. The molecule has 148 valence electrons. The number of carbonyl (C=O) groups excluding carboxylic acids is 2. The summed E-state index contributed by atoms with van der Waals surface area (Å²) in [4.78, 5) is 28.0. The predicted molar refractivity (Wildman–Crippen MR) is 111 cm³/mol. The van der Waals surface area contributed by atoms with Crippen LogP contribution in [0.5, 0.6) is 5.75 Å². The molecule has 7 nitrogen and oxygen atoms in total. The average Bonchev–Trinajstić information content (AvgIpc) is 2.76. The summed E-state index contributed by atoms with van der Waals surface area (Å²) in [5.74, 6) is 0.0337. The van der Waals surface area contributed by atoms with Crippen molar-refractivity contribution in [3.8, 4) is 5.75 Å². The highest BCUT2D eigenvalue weighted by atomic mass is 16.5. The van der Waals surface area contributed by atoms with Crippen molar-refractivity contribution in [1.29, 1.82) is 0 Å². The van der Waals surface area contributed by atoms with E-state index in [1.807, 2.05) is 31.2 Å². The van der Waals surface area contributed by atoms with Gasteiger partial charge >= 0.3 is 5.97 Å². The highest BCUT2D eigenvalue weighted by Crippen LogP contribution is 2.20. The normalized spacial score (nSPS) is 10.1. The number of pyridine rings is 1. The molecule has 3 aromatic rings. The van der Waals surface area contributed by atoms with Crippen LogP contribution in [-0.4, -0.2) is 30.6 Å². The van der Waals surface area contributed by atoms with Gasteiger partial charge in [0.25, 0.3) is 5.91 Å². The zero-order chi connectivity index (χ0) is 20.6. The van der Waals surface area contributed by atoms with Gasteiger partial charge in [-0.2, -0.15) is 0 Å². The standard InChI is InChI=1S/C22H21N3O4/c1-3-29-19-11-8-16(9-12-19)24-18-10-13-20(23-14-18)21(26)25-17-6-4-15(5-7-17)22(27)28-2/h4-14,24H,3H2,1-2H3,(H,25,26). The van der Waals surface area contributed by atoms with Gasteiger partial charge in [0.15, 0.2) is 0 Å². The van der Waals surface area contributed by atoms with E-state index in [0.29, 0.717) is 17.9 Å². The van der Waals surface area contributed by atoms with Crippen molar-refractivity contribution in [3.05, 3.63) is 78.1 Å². The first-order valence-electron chi connectivity index (χ1n) is 9.04. The maximum atomic E-state index is 12.4. The summed E-state index contributed by atoms with van der Waals surface area (Å²) in [5.41, 5.74) is 2.89. The second kappa shape index (κ2) is 9.36. The molecule has 7 heteroatoms. The lowest BCUT2D eigenvalue weighted by molar-refractivity contribution is 0.0600. The van der Waals surface area contributed by atoms with Crippen LogP contribution < -0.4 is 15.4 Å². The van der Waals surface area contributed by atoms with Crippen LogP contribution in [0.1, 0.15) is 27.8 Å². The molecule has 0 saturated heterocycles. The Morgan fingerprint density at radius 2 is 1.55 bits per heavy atom. The third-order valence-corrected chi connectivity index (χ3v) is 4.01. The van der Waals surface area contributed by atoms with Gasteiger partial charge in [0.05, 0.1) is 31.2 Å². The van der Waals surface area contributed by atoms with E-state index in [2.05, 4.69) is 20.4 Å². The lowest BCUT2D eigenvalue weighted by Gasteiger charge is -2.09. The molecule has 1 amide bonds. The molecule has 0 unspecified atom stereocenters. The molecule has 1 aromatic heterocycles. The molecule has 2 N–H and O–H groups in total. The number of rotatable bonds is 7. The summed E-state index contributed by atoms with van der Waals surface area (Å²) in [6, 6.07) is 17.4. The van der Waals surface area contributed by atoms with Gasteiger partial charge in [-0.05, 0) is 67.6 Å². The van der Waals surface area contributed by atoms with Gasteiger partial charge in [-0.15, -0.1) is 0 Å². The number of ether oxygens (including phenoxy) is 2. The van der Waals surface area contributed by atoms with Crippen LogP contribution in [0, 0.1) is 0 Å². The van der Waals surface area contributed by atoms with Crippen molar-refractivity contribution in [3.63, 3.8) is 0 Å². The number of hydrogen-bond donors (Lipinski definition) is 2. The summed E-state index contributed by atoms with van der Waals surface area (Å²) < 4.78 is 10.1. The van der Waals surface area contributed by atoms with E-state index in [4.69, 9.17) is 4.74 Å². The number of benzene rings is 2. The minimum Gasteiger partial charge on any atom is -0.494 e. The Balaban J connectivity index is 1.60. The predicted octanol–water partition coefficient (Wildman–Crippen LogP) is 4.26. The Bertz CT molecular complexity index is 968. The van der Waals surface area contributed by atoms with E-state index in [-0.39, 0.29) is 11.6 Å². The third-order valence-electron chi connectivity index (χ3n) is 4.01. The first kappa shape index (κ1) is 19.9. The Kier molecular flexibility index (Phi) is 6.42. The van der Waals surface area contributed by atoms with Gasteiger partial charge in [-0.3, -0.25) is 4.79 Å². The van der Waals surface area contributed by atoms with Crippen LogP contribution in [0.3, 0.4) is 0 Å². The zero-order valence-electron chi connectivity index (χ0n) is 16.1. The summed E-state index contributed by atoms with van der Waals surface area (Å²) in [7, 11) is 1.32. The monoisotopic (exact) mass is 391 g/mol. The molecule has 1 heterocycles. The molecule has 0 fully saturated rings. The van der Waals surface area contributed by atoms with Crippen molar-refractivity contribution >= 4 is 28.9 Å². The van der Waals surface area contributed by atoms with Crippen molar-refractivity contribution in [2.75, 3.05) is 24.4 Å². The summed E-state index contributed by atoms with van der Waals surface area (Å²) >= 11 is 0. The fourth-order valence-corrected chi connectivity index (χ4v) is 2.57. The van der Waals surface area contributed by atoms with Crippen molar-refractivity contribution in [2.24, 2.45) is 0 Å². The first-order valence-corrected chi connectivity index (χ1v) is 9.04. The lowest BCUT2D eigenvalue weighted by atomic mass is 10.2. The SMILES string of the molecule is CCOc1ccc(Nc2ccc(C(=O)Nc3ccc(C(=O)OC)cc3)nc2)cc1. The molecule has 2 aromatic carbocycles. The molecule has 3 rings (SSSR count). The van der Waals surface area contributed by atoms with E-state index in [9.17, 15) is 9.59 Å². The fourth-order valence-electron chi connectivity index (χ4n) is 2.57. The number of anilines is 3. The molecule has 0 radical (unpaired) electrons. The van der Waals surface area contributed by atoms with Gasteiger partial charge in [0.2, 0.25) is 0 Å². The molecule has 0 aliphatic rings. The Morgan fingerprint density at radius 3 is 2.14 bits per heavy atom. The molecular weight excluding hydrogens is 370 g/mol. The molecule has 0 aliphatic carbocycles. The van der Waals surface area contributed by atoms with E-state index in [1.54, 1.807) is 42.6 Å². The van der Waals surface area contributed by atoms with E-state index in [0.717, 1.165) is 17.1 Å². The number of carbonyl (C=O) groups is 2. The number of aromatic nitrogens is 1. The van der Waals surface area contributed by atoms with Crippen LogP contribution >= 0.6 is 0 Å². The maximum Gasteiger partial charge on any atom is 0.337 e. The quantitative estimate of drug-likeness (QED) is 0.585. The Morgan fingerprint density at radius 1 is 0.897 bits per heavy atom. The largest absolute Gasteiger partial charge is 0.494 e. The van der Waals surface area contributed by atoms with Gasteiger partial charge in [0.1, 0.15) is 11.4 Å². The number of amides is 1. The van der Waals surface area contributed by atoms with Crippen LogP contribution in [0.15, 0.2) is 66.9 Å². The number of esters is 1. The highest BCUT2D eigenvalue weighted by Gasteiger charge is 2.09. The van der Waals surface area contributed by atoms with Crippen LogP contribution in [0.2, 0.25) is 0 Å². The van der Waals surface area contributed by atoms with Gasteiger partial charge in [0, 0.05) is 11.4 Å². The first-order chi connectivity index (χ1) is 14.1.